The zero-order chi connectivity index (χ0) is 17.7. The van der Waals surface area contributed by atoms with Crippen molar-refractivity contribution in [1.82, 2.24) is 4.72 Å². The minimum absolute atomic E-state index is 0.00947. The number of ether oxygens (including phenoxy) is 1. The fourth-order valence-electron chi connectivity index (χ4n) is 2.10. The number of carbonyl (C=O) groups excluding carboxylic acids is 1. The minimum atomic E-state index is -4.06. The highest BCUT2D eigenvalue weighted by atomic mass is 35.5. The van der Waals surface area contributed by atoms with Gasteiger partial charge in [-0.1, -0.05) is 53.5 Å². The van der Waals surface area contributed by atoms with Gasteiger partial charge in [-0.3, -0.25) is 4.79 Å². The van der Waals surface area contributed by atoms with Gasteiger partial charge >= 0.3 is 5.97 Å². The Balaban J connectivity index is 2.31. The lowest BCUT2D eigenvalue weighted by Crippen LogP contribution is -2.43. The number of carbonyl (C=O) groups is 1. The maximum absolute atomic E-state index is 12.6. The number of nitrogens with one attached hydrogen (secondary N) is 1. The van der Waals surface area contributed by atoms with Gasteiger partial charge in [0.15, 0.2) is 0 Å². The van der Waals surface area contributed by atoms with E-state index >= 15 is 0 Å². The highest BCUT2D eigenvalue weighted by molar-refractivity contribution is 7.89. The van der Waals surface area contributed by atoms with Crippen molar-refractivity contribution >= 4 is 39.2 Å². The molecule has 0 aliphatic heterocycles. The number of hydrogen-bond donors (Lipinski definition) is 1. The topological polar surface area (TPSA) is 72.5 Å². The molecule has 8 heteroatoms. The van der Waals surface area contributed by atoms with Crippen LogP contribution in [0.2, 0.25) is 10.0 Å². The average molecular weight is 388 g/mol. The van der Waals surface area contributed by atoms with Crippen LogP contribution < -0.4 is 4.72 Å². The van der Waals surface area contributed by atoms with Gasteiger partial charge in [0, 0.05) is 5.02 Å². The summed E-state index contributed by atoms with van der Waals surface area (Å²) in [5.74, 6) is -0.694. The van der Waals surface area contributed by atoms with Crippen LogP contribution in [0.4, 0.5) is 0 Å². The summed E-state index contributed by atoms with van der Waals surface area (Å²) in [5, 5.41) is 0.229. The number of rotatable bonds is 6. The molecule has 2 aromatic rings. The van der Waals surface area contributed by atoms with Crippen molar-refractivity contribution in [2.75, 3.05) is 7.11 Å². The van der Waals surface area contributed by atoms with Gasteiger partial charge in [0.25, 0.3) is 0 Å². The fourth-order valence-corrected chi connectivity index (χ4v) is 4.05. The highest BCUT2D eigenvalue weighted by Gasteiger charge is 2.28. The largest absolute Gasteiger partial charge is 0.468 e. The highest BCUT2D eigenvalue weighted by Crippen LogP contribution is 2.25. The van der Waals surface area contributed by atoms with Crippen LogP contribution in [0.1, 0.15) is 5.56 Å². The Hall–Kier alpha value is -1.60. The first-order valence-electron chi connectivity index (χ1n) is 6.92. The van der Waals surface area contributed by atoms with Gasteiger partial charge in [-0.2, -0.15) is 4.72 Å². The Morgan fingerprint density at radius 3 is 2.46 bits per heavy atom. The van der Waals surface area contributed by atoms with E-state index in [1.807, 2.05) is 6.07 Å². The summed E-state index contributed by atoms with van der Waals surface area (Å²) in [7, 11) is -2.86. The van der Waals surface area contributed by atoms with Crippen LogP contribution in [0.5, 0.6) is 0 Å². The number of halogens is 2. The van der Waals surface area contributed by atoms with Crippen molar-refractivity contribution in [3.8, 4) is 0 Å². The van der Waals surface area contributed by atoms with E-state index in [0.29, 0.717) is 0 Å². The fraction of sp³-hybridized carbons (Fsp3) is 0.188. The second-order valence-corrected chi connectivity index (χ2v) is 7.49. The first-order chi connectivity index (χ1) is 11.3. The molecule has 0 amide bonds. The van der Waals surface area contributed by atoms with Crippen molar-refractivity contribution in [2.24, 2.45) is 0 Å². The van der Waals surface area contributed by atoms with Gasteiger partial charge in [-0.15, -0.1) is 0 Å². The molecule has 5 nitrogen and oxygen atoms in total. The molecule has 0 heterocycles. The quantitative estimate of drug-likeness (QED) is 0.773. The zero-order valence-corrected chi connectivity index (χ0v) is 15.0. The summed E-state index contributed by atoms with van der Waals surface area (Å²) in [5.41, 5.74) is 0.785. The number of hydrogen-bond acceptors (Lipinski definition) is 4. The Morgan fingerprint density at radius 1 is 1.17 bits per heavy atom. The molecular weight excluding hydrogens is 373 g/mol. The van der Waals surface area contributed by atoms with Crippen molar-refractivity contribution in [3.63, 3.8) is 0 Å². The van der Waals surface area contributed by atoms with Crippen LogP contribution in [0.25, 0.3) is 0 Å². The molecule has 24 heavy (non-hydrogen) atoms. The summed E-state index contributed by atoms with van der Waals surface area (Å²) in [6.07, 6.45) is 0.144. The van der Waals surface area contributed by atoms with Crippen molar-refractivity contribution < 1.29 is 17.9 Å². The molecule has 1 unspecified atom stereocenters. The number of methoxy groups -OCH3 is 1. The molecule has 0 saturated heterocycles. The second kappa shape index (κ2) is 7.98. The van der Waals surface area contributed by atoms with Crippen LogP contribution in [0, 0.1) is 0 Å². The third kappa shape index (κ3) is 4.70. The van der Waals surface area contributed by atoms with E-state index in [2.05, 4.69) is 4.72 Å². The molecule has 0 aromatic heterocycles. The summed E-state index contributed by atoms with van der Waals surface area (Å²) in [4.78, 5) is 11.8. The SMILES string of the molecule is COC(=O)C(Cc1ccccc1)NS(=O)(=O)c1cc(Cl)ccc1Cl. The molecule has 0 aliphatic carbocycles. The van der Waals surface area contributed by atoms with Gasteiger partial charge < -0.3 is 4.74 Å². The van der Waals surface area contributed by atoms with Crippen LogP contribution >= 0.6 is 23.2 Å². The van der Waals surface area contributed by atoms with Crippen LogP contribution in [0.15, 0.2) is 53.4 Å². The first-order valence-corrected chi connectivity index (χ1v) is 9.16. The smallest absolute Gasteiger partial charge is 0.324 e. The van der Waals surface area contributed by atoms with E-state index in [1.165, 1.54) is 25.3 Å². The van der Waals surface area contributed by atoms with E-state index in [9.17, 15) is 13.2 Å². The molecule has 1 N–H and O–H groups in total. The maximum atomic E-state index is 12.6. The molecule has 2 aromatic carbocycles. The van der Waals surface area contributed by atoms with Gasteiger partial charge in [-0.05, 0) is 30.2 Å². The minimum Gasteiger partial charge on any atom is -0.468 e. The summed E-state index contributed by atoms with van der Waals surface area (Å²) in [6.45, 7) is 0. The Morgan fingerprint density at radius 2 is 1.83 bits per heavy atom. The third-order valence-corrected chi connectivity index (χ3v) is 5.44. The van der Waals surface area contributed by atoms with Crippen LogP contribution in [0.3, 0.4) is 0 Å². The standard InChI is InChI=1S/C16H15Cl2NO4S/c1-23-16(20)14(9-11-5-3-2-4-6-11)19-24(21,22)15-10-12(17)7-8-13(15)18/h2-8,10,14,19H,9H2,1H3. The summed E-state index contributed by atoms with van der Waals surface area (Å²) in [6, 6.07) is 12.0. The van der Waals surface area contributed by atoms with Gasteiger partial charge in [-0.25, -0.2) is 8.42 Å². The zero-order valence-electron chi connectivity index (χ0n) is 12.7. The predicted octanol–water partition coefficient (Wildman–Crippen LogP) is 3.06. The molecular formula is C16H15Cl2NO4S. The van der Waals surface area contributed by atoms with Gasteiger partial charge in [0.05, 0.1) is 12.1 Å². The molecule has 1 atom stereocenters. The monoisotopic (exact) mass is 387 g/mol. The van der Waals surface area contributed by atoms with E-state index in [4.69, 9.17) is 27.9 Å². The van der Waals surface area contributed by atoms with Crippen molar-refractivity contribution in [2.45, 2.75) is 17.4 Å². The Bertz CT molecular complexity index is 825. The van der Waals surface area contributed by atoms with Crippen molar-refractivity contribution in [3.05, 3.63) is 64.1 Å². The number of benzene rings is 2. The maximum Gasteiger partial charge on any atom is 0.324 e. The van der Waals surface area contributed by atoms with E-state index < -0.39 is 22.0 Å². The molecule has 0 fully saturated rings. The number of esters is 1. The van der Waals surface area contributed by atoms with Gasteiger partial charge in [0.1, 0.15) is 10.9 Å². The normalized spacial score (nSPS) is 12.6. The molecule has 2 rings (SSSR count). The van der Waals surface area contributed by atoms with Crippen LogP contribution in [-0.4, -0.2) is 27.5 Å². The molecule has 0 saturated carbocycles. The van der Waals surface area contributed by atoms with E-state index in [-0.39, 0.29) is 21.4 Å². The lowest BCUT2D eigenvalue weighted by Gasteiger charge is -2.17. The molecule has 0 radical (unpaired) electrons. The molecule has 128 valence electrons. The predicted molar refractivity (Wildman–Crippen MR) is 92.7 cm³/mol. The lowest BCUT2D eigenvalue weighted by atomic mass is 10.1. The molecule has 0 aliphatic rings. The lowest BCUT2D eigenvalue weighted by molar-refractivity contribution is -0.142. The van der Waals surface area contributed by atoms with E-state index in [1.54, 1.807) is 24.3 Å². The Kier molecular flexibility index (Phi) is 6.23. The third-order valence-electron chi connectivity index (χ3n) is 3.25. The summed E-state index contributed by atoms with van der Waals surface area (Å²) >= 11 is 11.8. The van der Waals surface area contributed by atoms with Crippen LogP contribution in [-0.2, 0) is 26.0 Å². The Labute approximate surface area is 150 Å². The van der Waals surface area contributed by atoms with Gasteiger partial charge in [0.2, 0.25) is 10.0 Å². The second-order valence-electron chi connectivity index (χ2n) is 4.96. The van der Waals surface area contributed by atoms with Crippen molar-refractivity contribution in [1.29, 1.82) is 0 Å². The van der Waals surface area contributed by atoms with E-state index in [0.717, 1.165) is 5.56 Å². The number of sulfonamides is 1. The average Bonchev–Trinajstić information content (AvgIpc) is 2.56. The molecule has 0 spiro atoms. The summed E-state index contributed by atoms with van der Waals surface area (Å²) < 4.78 is 32.2. The molecule has 0 bridgehead atoms. The first kappa shape index (κ1) is 18.7.